The standard InChI is InChI=1S/C19H17NO/c21-19(15-8-9-15)17-10-11-20(13-17)12-16-6-3-5-14-4-1-2-7-18(14)16/h1-7,10-11,13,15H,8-9,12H2. The van der Waals surface area contributed by atoms with Gasteiger partial charge in [-0.25, -0.2) is 0 Å². The molecule has 0 amide bonds. The van der Waals surface area contributed by atoms with Crippen molar-refractivity contribution in [3.8, 4) is 0 Å². The number of carbonyl (C=O) groups is 1. The zero-order valence-electron chi connectivity index (χ0n) is 11.8. The first kappa shape index (κ1) is 12.4. The molecule has 104 valence electrons. The average Bonchev–Trinajstić information content (AvgIpc) is 3.27. The normalized spacial score (nSPS) is 14.5. The fourth-order valence-electron chi connectivity index (χ4n) is 2.89. The van der Waals surface area contributed by atoms with Crippen LogP contribution in [0.4, 0.5) is 0 Å². The van der Waals surface area contributed by atoms with E-state index in [-0.39, 0.29) is 0 Å². The Morgan fingerprint density at radius 1 is 1.05 bits per heavy atom. The summed E-state index contributed by atoms with van der Waals surface area (Å²) in [6.07, 6.45) is 6.13. The lowest BCUT2D eigenvalue weighted by Gasteiger charge is -2.07. The Morgan fingerprint density at radius 3 is 2.71 bits per heavy atom. The molecule has 0 radical (unpaired) electrons. The highest BCUT2D eigenvalue weighted by atomic mass is 16.1. The minimum absolute atomic E-state index is 0.290. The summed E-state index contributed by atoms with van der Waals surface area (Å²) in [5, 5.41) is 2.54. The summed E-state index contributed by atoms with van der Waals surface area (Å²) >= 11 is 0. The molecule has 1 fully saturated rings. The smallest absolute Gasteiger partial charge is 0.167 e. The number of hydrogen-bond donors (Lipinski definition) is 0. The lowest BCUT2D eigenvalue weighted by Crippen LogP contribution is -2.01. The van der Waals surface area contributed by atoms with Gasteiger partial charge in [0.15, 0.2) is 5.78 Å². The Bertz CT molecular complexity index is 806. The van der Waals surface area contributed by atoms with Crippen LogP contribution in [-0.2, 0) is 6.54 Å². The van der Waals surface area contributed by atoms with Crippen molar-refractivity contribution >= 4 is 16.6 Å². The van der Waals surface area contributed by atoms with Crippen molar-refractivity contribution in [3.05, 3.63) is 72.1 Å². The molecule has 3 aromatic rings. The molecule has 0 saturated heterocycles. The number of carbonyl (C=O) groups excluding carboxylic acids is 1. The maximum atomic E-state index is 12.1. The molecule has 0 N–H and O–H groups in total. The van der Waals surface area contributed by atoms with Crippen molar-refractivity contribution in [1.82, 2.24) is 4.57 Å². The maximum Gasteiger partial charge on any atom is 0.167 e. The number of hydrogen-bond acceptors (Lipinski definition) is 1. The van der Waals surface area contributed by atoms with Gasteiger partial charge in [-0.2, -0.15) is 0 Å². The minimum Gasteiger partial charge on any atom is -0.349 e. The van der Waals surface area contributed by atoms with Crippen LogP contribution in [0.1, 0.15) is 28.8 Å². The SMILES string of the molecule is O=C(c1ccn(Cc2cccc3ccccc23)c1)C1CC1. The quantitative estimate of drug-likeness (QED) is 0.651. The highest BCUT2D eigenvalue weighted by Gasteiger charge is 2.30. The highest BCUT2D eigenvalue weighted by Crippen LogP contribution is 2.32. The van der Waals surface area contributed by atoms with E-state index < -0.39 is 0 Å². The van der Waals surface area contributed by atoms with Crippen LogP contribution in [0.15, 0.2) is 60.9 Å². The van der Waals surface area contributed by atoms with Crippen LogP contribution in [0, 0.1) is 5.92 Å². The number of nitrogens with zero attached hydrogens (tertiary/aromatic N) is 1. The molecule has 2 nitrogen and oxygen atoms in total. The van der Waals surface area contributed by atoms with Crippen LogP contribution in [0.2, 0.25) is 0 Å². The van der Waals surface area contributed by atoms with E-state index in [4.69, 9.17) is 0 Å². The van der Waals surface area contributed by atoms with E-state index in [2.05, 4.69) is 47.0 Å². The number of rotatable bonds is 4. The summed E-state index contributed by atoms with van der Waals surface area (Å²) in [7, 11) is 0. The van der Waals surface area contributed by atoms with E-state index >= 15 is 0 Å². The van der Waals surface area contributed by atoms with Crippen LogP contribution in [0.3, 0.4) is 0 Å². The molecule has 0 aliphatic heterocycles. The van der Waals surface area contributed by atoms with Gasteiger partial charge in [0.1, 0.15) is 0 Å². The Kier molecular flexibility index (Phi) is 2.88. The van der Waals surface area contributed by atoms with Gasteiger partial charge in [0.25, 0.3) is 0 Å². The summed E-state index contributed by atoms with van der Waals surface area (Å²) in [4.78, 5) is 12.1. The zero-order valence-corrected chi connectivity index (χ0v) is 11.8. The topological polar surface area (TPSA) is 22.0 Å². The van der Waals surface area contributed by atoms with Crippen molar-refractivity contribution in [2.24, 2.45) is 5.92 Å². The van der Waals surface area contributed by atoms with Crippen molar-refractivity contribution < 1.29 is 4.79 Å². The Hall–Kier alpha value is -2.35. The molecule has 0 atom stereocenters. The number of fused-ring (bicyclic) bond motifs is 1. The highest BCUT2D eigenvalue weighted by molar-refractivity contribution is 5.99. The molecule has 1 saturated carbocycles. The molecule has 0 unspecified atom stereocenters. The van der Waals surface area contributed by atoms with Gasteiger partial charge in [0.2, 0.25) is 0 Å². The lowest BCUT2D eigenvalue weighted by atomic mass is 10.0. The predicted octanol–water partition coefficient (Wildman–Crippen LogP) is 4.28. The van der Waals surface area contributed by atoms with Crippen LogP contribution in [0.5, 0.6) is 0 Å². The van der Waals surface area contributed by atoms with Crippen LogP contribution >= 0.6 is 0 Å². The van der Waals surface area contributed by atoms with Gasteiger partial charge in [0.05, 0.1) is 0 Å². The minimum atomic E-state index is 0.290. The molecule has 0 bridgehead atoms. The number of aromatic nitrogens is 1. The van der Waals surface area contributed by atoms with Gasteiger partial charge >= 0.3 is 0 Å². The van der Waals surface area contributed by atoms with Crippen LogP contribution in [0.25, 0.3) is 10.8 Å². The average molecular weight is 275 g/mol. The second-order valence-electron chi connectivity index (χ2n) is 5.85. The molecule has 1 aromatic heterocycles. The molecule has 1 aliphatic rings. The summed E-state index contributed by atoms with van der Waals surface area (Å²) in [5.74, 6) is 0.602. The van der Waals surface area contributed by atoms with Gasteiger partial charge in [-0.15, -0.1) is 0 Å². The molecule has 1 heterocycles. The third-order valence-electron chi connectivity index (χ3n) is 4.22. The first-order chi connectivity index (χ1) is 10.3. The second kappa shape index (κ2) is 4.88. The zero-order chi connectivity index (χ0) is 14.2. The Labute approximate surface area is 124 Å². The van der Waals surface area contributed by atoms with E-state index in [9.17, 15) is 4.79 Å². The van der Waals surface area contributed by atoms with E-state index in [1.807, 2.05) is 18.5 Å². The van der Waals surface area contributed by atoms with Crippen molar-refractivity contribution in [3.63, 3.8) is 0 Å². The van der Waals surface area contributed by atoms with Crippen LogP contribution in [-0.4, -0.2) is 10.4 Å². The number of Topliss-reactive ketones (excluding diaryl/α,β-unsaturated/α-hetero) is 1. The van der Waals surface area contributed by atoms with Crippen molar-refractivity contribution in [2.75, 3.05) is 0 Å². The molecular weight excluding hydrogens is 258 g/mol. The van der Waals surface area contributed by atoms with E-state index in [0.29, 0.717) is 11.7 Å². The fourth-order valence-corrected chi connectivity index (χ4v) is 2.89. The summed E-state index contributed by atoms with van der Waals surface area (Å²) in [5.41, 5.74) is 2.15. The summed E-state index contributed by atoms with van der Waals surface area (Å²) in [6, 6.07) is 16.8. The maximum absolute atomic E-state index is 12.1. The lowest BCUT2D eigenvalue weighted by molar-refractivity contribution is 0.0967. The molecule has 21 heavy (non-hydrogen) atoms. The van der Waals surface area contributed by atoms with Gasteiger partial charge in [-0.1, -0.05) is 42.5 Å². The fraction of sp³-hybridized carbons (Fsp3) is 0.211. The number of benzene rings is 2. The molecular formula is C19H17NO. The van der Waals surface area contributed by atoms with E-state index in [1.54, 1.807) is 0 Å². The first-order valence-electron chi connectivity index (χ1n) is 7.48. The Balaban J connectivity index is 1.64. The first-order valence-corrected chi connectivity index (χ1v) is 7.48. The largest absolute Gasteiger partial charge is 0.349 e. The summed E-state index contributed by atoms with van der Waals surface area (Å²) < 4.78 is 2.11. The van der Waals surface area contributed by atoms with E-state index in [1.165, 1.54) is 16.3 Å². The second-order valence-corrected chi connectivity index (χ2v) is 5.85. The third kappa shape index (κ3) is 2.38. The summed E-state index contributed by atoms with van der Waals surface area (Å²) in [6.45, 7) is 0.805. The molecule has 1 aliphatic carbocycles. The van der Waals surface area contributed by atoms with Gasteiger partial charge in [0, 0.05) is 30.4 Å². The molecule has 2 aromatic carbocycles. The predicted molar refractivity (Wildman–Crippen MR) is 84.5 cm³/mol. The Morgan fingerprint density at radius 2 is 1.86 bits per heavy atom. The number of ketones is 1. The van der Waals surface area contributed by atoms with Crippen molar-refractivity contribution in [1.29, 1.82) is 0 Å². The monoisotopic (exact) mass is 275 g/mol. The molecule has 0 spiro atoms. The van der Waals surface area contributed by atoms with Crippen LogP contribution < -0.4 is 0 Å². The van der Waals surface area contributed by atoms with Gasteiger partial charge in [-0.3, -0.25) is 4.79 Å². The molecule has 4 rings (SSSR count). The van der Waals surface area contributed by atoms with Gasteiger partial charge in [-0.05, 0) is 35.2 Å². The third-order valence-corrected chi connectivity index (χ3v) is 4.22. The van der Waals surface area contributed by atoms with Gasteiger partial charge < -0.3 is 4.57 Å². The van der Waals surface area contributed by atoms with E-state index in [0.717, 1.165) is 24.9 Å². The van der Waals surface area contributed by atoms with Crippen molar-refractivity contribution in [2.45, 2.75) is 19.4 Å². The molecule has 2 heteroatoms.